The maximum Gasteiger partial charge on any atom is 0.292 e. The molecule has 0 aliphatic heterocycles. The second-order valence-electron chi connectivity index (χ2n) is 4.81. The van der Waals surface area contributed by atoms with Crippen LogP contribution in [0.2, 0.25) is 10.2 Å². The number of nitrogens with one attached hydrogen (secondary N) is 1. The minimum atomic E-state index is -0.500. The van der Waals surface area contributed by atoms with Crippen LogP contribution in [0.4, 0.5) is 17.2 Å². The Kier molecular flexibility index (Phi) is 4.59. The zero-order chi connectivity index (χ0) is 17.1. The third-order valence-corrected chi connectivity index (χ3v) is 3.57. The number of nitro groups is 1. The third-order valence-electron chi connectivity index (χ3n) is 3.14. The fourth-order valence-corrected chi connectivity index (χ4v) is 2.46. The predicted octanol–water partition coefficient (Wildman–Crippen LogP) is 5.10. The van der Waals surface area contributed by atoms with E-state index in [1.807, 2.05) is 30.3 Å². The summed E-state index contributed by atoms with van der Waals surface area (Å²) in [4.78, 5) is 19.2. The van der Waals surface area contributed by atoms with Crippen molar-refractivity contribution >= 4 is 40.4 Å². The van der Waals surface area contributed by atoms with Crippen LogP contribution in [0.5, 0.6) is 0 Å². The van der Waals surface area contributed by atoms with Crippen LogP contribution in [-0.2, 0) is 0 Å². The molecular formula is C16H10Cl2N4O2. The van der Waals surface area contributed by atoms with Gasteiger partial charge in [-0.2, -0.15) is 0 Å². The van der Waals surface area contributed by atoms with Crippen LogP contribution >= 0.6 is 23.2 Å². The summed E-state index contributed by atoms with van der Waals surface area (Å²) in [5.41, 5.74) is 0.889. The number of nitrogens with zero attached hydrogens (tertiary/aromatic N) is 3. The van der Waals surface area contributed by atoms with Gasteiger partial charge in [0.05, 0.1) is 4.92 Å². The van der Waals surface area contributed by atoms with Crippen molar-refractivity contribution in [1.29, 1.82) is 0 Å². The first-order chi connectivity index (χ1) is 11.5. The average molecular weight is 361 g/mol. The van der Waals surface area contributed by atoms with Gasteiger partial charge in [-0.3, -0.25) is 10.1 Å². The van der Waals surface area contributed by atoms with E-state index in [1.165, 1.54) is 24.3 Å². The highest BCUT2D eigenvalue weighted by Gasteiger charge is 2.15. The molecule has 0 atom stereocenters. The summed E-state index contributed by atoms with van der Waals surface area (Å²) < 4.78 is 0. The number of hydrogen-bond donors (Lipinski definition) is 1. The first-order valence-electron chi connectivity index (χ1n) is 6.84. The van der Waals surface area contributed by atoms with Gasteiger partial charge in [-0.15, -0.1) is 0 Å². The van der Waals surface area contributed by atoms with Gasteiger partial charge >= 0.3 is 0 Å². The highest BCUT2D eigenvalue weighted by molar-refractivity contribution is 6.31. The molecule has 1 N–H and O–H groups in total. The lowest BCUT2D eigenvalue weighted by Crippen LogP contribution is -2.00. The first kappa shape index (κ1) is 16.2. The van der Waals surface area contributed by atoms with E-state index in [1.54, 1.807) is 0 Å². The van der Waals surface area contributed by atoms with E-state index in [0.29, 0.717) is 16.7 Å². The SMILES string of the molecule is O=[N+]([O-])c1ccc(Cl)cc1Nc1cc(Cl)nc(-c2ccccc2)n1. The standard InChI is InChI=1S/C16H10Cl2N4O2/c17-11-6-7-13(22(23)24)12(8-11)19-15-9-14(18)20-16(21-15)10-4-2-1-3-5-10/h1-9H,(H,19,20,21). The summed E-state index contributed by atoms with van der Waals surface area (Å²) in [5, 5.41) is 14.6. The smallest absolute Gasteiger partial charge is 0.292 e. The molecule has 2 aromatic carbocycles. The average Bonchev–Trinajstić information content (AvgIpc) is 2.55. The number of aromatic nitrogens is 2. The molecule has 0 amide bonds. The molecule has 0 saturated heterocycles. The van der Waals surface area contributed by atoms with Crippen molar-refractivity contribution in [2.24, 2.45) is 0 Å². The minimum absolute atomic E-state index is 0.115. The zero-order valence-corrected chi connectivity index (χ0v) is 13.6. The number of nitro benzene ring substituents is 1. The van der Waals surface area contributed by atoms with Gasteiger partial charge < -0.3 is 5.32 Å². The summed E-state index contributed by atoms with van der Waals surface area (Å²) in [6.45, 7) is 0. The topological polar surface area (TPSA) is 81.0 Å². The summed E-state index contributed by atoms with van der Waals surface area (Å²) >= 11 is 12.0. The lowest BCUT2D eigenvalue weighted by atomic mass is 10.2. The molecule has 0 saturated carbocycles. The second-order valence-corrected chi connectivity index (χ2v) is 5.63. The van der Waals surface area contributed by atoms with Crippen molar-refractivity contribution in [3.05, 3.63) is 74.9 Å². The Morgan fingerprint density at radius 2 is 1.75 bits per heavy atom. The molecule has 1 heterocycles. The van der Waals surface area contributed by atoms with Gasteiger partial charge in [-0.25, -0.2) is 9.97 Å². The van der Waals surface area contributed by atoms with Crippen molar-refractivity contribution in [2.75, 3.05) is 5.32 Å². The van der Waals surface area contributed by atoms with E-state index in [0.717, 1.165) is 5.56 Å². The molecule has 0 fully saturated rings. The van der Waals surface area contributed by atoms with Gasteiger partial charge in [0.25, 0.3) is 5.69 Å². The van der Waals surface area contributed by atoms with E-state index < -0.39 is 4.92 Å². The monoisotopic (exact) mass is 360 g/mol. The first-order valence-corrected chi connectivity index (χ1v) is 7.59. The van der Waals surface area contributed by atoms with Crippen LogP contribution in [0.1, 0.15) is 0 Å². The molecule has 3 aromatic rings. The van der Waals surface area contributed by atoms with Gasteiger partial charge in [0.2, 0.25) is 0 Å². The van der Waals surface area contributed by atoms with Crippen LogP contribution in [-0.4, -0.2) is 14.9 Å². The summed E-state index contributed by atoms with van der Waals surface area (Å²) in [7, 11) is 0. The predicted molar refractivity (Wildman–Crippen MR) is 93.9 cm³/mol. The summed E-state index contributed by atoms with van der Waals surface area (Å²) in [5.74, 6) is 0.745. The van der Waals surface area contributed by atoms with Gasteiger partial charge in [0.15, 0.2) is 5.82 Å². The van der Waals surface area contributed by atoms with E-state index >= 15 is 0 Å². The van der Waals surface area contributed by atoms with Gasteiger partial charge in [-0.05, 0) is 12.1 Å². The summed E-state index contributed by atoms with van der Waals surface area (Å²) in [6.07, 6.45) is 0. The van der Waals surface area contributed by atoms with Gasteiger partial charge in [0.1, 0.15) is 16.7 Å². The Morgan fingerprint density at radius 3 is 2.46 bits per heavy atom. The fourth-order valence-electron chi connectivity index (χ4n) is 2.10. The quantitative estimate of drug-likeness (QED) is 0.397. The molecule has 8 heteroatoms. The third kappa shape index (κ3) is 3.61. The molecule has 0 spiro atoms. The molecule has 0 bridgehead atoms. The van der Waals surface area contributed by atoms with Gasteiger partial charge in [0, 0.05) is 22.7 Å². The van der Waals surface area contributed by atoms with Crippen LogP contribution in [0, 0.1) is 10.1 Å². The van der Waals surface area contributed by atoms with E-state index in [-0.39, 0.29) is 16.5 Å². The molecule has 24 heavy (non-hydrogen) atoms. The number of anilines is 2. The van der Waals surface area contributed by atoms with E-state index in [2.05, 4.69) is 15.3 Å². The molecule has 120 valence electrons. The van der Waals surface area contributed by atoms with Crippen LogP contribution in [0.3, 0.4) is 0 Å². The fraction of sp³-hybridized carbons (Fsp3) is 0. The number of hydrogen-bond acceptors (Lipinski definition) is 5. The van der Waals surface area contributed by atoms with Gasteiger partial charge in [-0.1, -0.05) is 53.5 Å². The molecular weight excluding hydrogens is 351 g/mol. The summed E-state index contributed by atoms with van der Waals surface area (Å²) in [6, 6.07) is 15.0. The molecule has 6 nitrogen and oxygen atoms in total. The maximum absolute atomic E-state index is 11.1. The molecule has 1 aromatic heterocycles. The molecule has 0 aliphatic rings. The lowest BCUT2D eigenvalue weighted by Gasteiger charge is -2.09. The Balaban J connectivity index is 2.01. The van der Waals surface area contributed by atoms with Crippen molar-refractivity contribution in [2.45, 2.75) is 0 Å². The van der Waals surface area contributed by atoms with Crippen LogP contribution in [0.15, 0.2) is 54.6 Å². The van der Waals surface area contributed by atoms with Crippen molar-refractivity contribution < 1.29 is 4.92 Å². The zero-order valence-electron chi connectivity index (χ0n) is 12.1. The van der Waals surface area contributed by atoms with E-state index in [9.17, 15) is 10.1 Å². The van der Waals surface area contributed by atoms with Crippen molar-refractivity contribution in [3.63, 3.8) is 0 Å². The highest BCUT2D eigenvalue weighted by atomic mass is 35.5. The maximum atomic E-state index is 11.1. The van der Waals surface area contributed by atoms with E-state index in [4.69, 9.17) is 23.2 Å². The van der Waals surface area contributed by atoms with Crippen LogP contribution in [0.25, 0.3) is 11.4 Å². The number of halogens is 2. The Hall–Kier alpha value is -2.70. The Labute approximate surface area is 147 Å². The van der Waals surface area contributed by atoms with Crippen molar-refractivity contribution in [3.8, 4) is 11.4 Å². The largest absolute Gasteiger partial charge is 0.334 e. The Morgan fingerprint density at radius 1 is 1.00 bits per heavy atom. The highest BCUT2D eigenvalue weighted by Crippen LogP contribution is 2.31. The Bertz CT molecular complexity index is 904. The number of rotatable bonds is 4. The molecule has 0 aliphatic carbocycles. The number of benzene rings is 2. The minimum Gasteiger partial charge on any atom is -0.334 e. The van der Waals surface area contributed by atoms with Crippen molar-refractivity contribution in [1.82, 2.24) is 9.97 Å². The molecule has 0 radical (unpaired) electrons. The van der Waals surface area contributed by atoms with Crippen LogP contribution < -0.4 is 5.32 Å². The molecule has 0 unspecified atom stereocenters. The molecule has 3 rings (SSSR count). The lowest BCUT2D eigenvalue weighted by molar-refractivity contribution is -0.383. The normalized spacial score (nSPS) is 10.4. The second kappa shape index (κ2) is 6.82.